The summed E-state index contributed by atoms with van der Waals surface area (Å²) >= 11 is 5.68. The molecule has 1 aliphatic carbocycles. The molecule has 15 heavy (non-hydrogen) atoms. The Labute approximate surface area is 93.5 Å². The average molecular weight is 224 g/mol. The van der Waals surface area contributed by atoms with E-state index in [-0.39, 0.29) is 5.02 Å². The van der Waals surface area contributed by atoms with E-state index in [4.69, 9.17) is 16.9 Å². The second-order valence-corrected chi connectivity index (χ2v) is 4.49. The Morgan fingerprint density at radius 3 is 2.60 bits per heavy atom. The van der Waals surface area contributed by atoms with Crippen LogP contribution in [0.3, 0.4) is 0 Å². The van der Waals surface area contributed by atoms with Crippen molar-refractivity contribution in [1.29, 1.82) is 5.26 Å². The van der Waals surface area contributed by atoms with Gasteiger partial charge in [0.05, 0.1) is 16.5 Å². The van der Waals surface area contributed by atoms with E-state index in [9.17, 15) is 4.39 Å². The van der Waals surface area contributed by atoms with Gasteiger partial charge in [-0.2, -0.15) is 5.26 Å². The van der Waals surface area contributed by atoms with Crippen LogP contribution in [0.5, 0.6) is 0 Å². The third-order valence-corrected chi connectivity index (χ3v) is 3.57. The summed E-state index contributed by atoms with van der Waals surface area (Å²) in [5.41, 5.74) is 0.858. The zero-order chi connectivity index (χ0) is 11.1. The monoisotopic (exact) mass is 223 g/mol. The fraction of sp³-hybridized carbons (Fsp3) is 0.417. The molecular formula is C12H11ClFN. The highest BCUT2D eigenvalue weighted by Crippen LogP contribution is 2.45. The lowest BCUT2D eigenvalue weighted by molar-refractivity contribution is 0.321. The van der Waals surface area contributed by atoms with Crippen LogP contribution in [0.25, 0.3) is 0 Å². The number of rotatable bonds is 1. The van der Waals surface area contributed by atoms with Crippen LogP contribution in [0.4, 0.5) is 4.39 Å². The third-order valence-electron chi connectivity index (χ3n) is 3.28. The first kappa shape index (κ1) is 10.4. The fourth-order valence-corrected chi connectivity index (χ4v) is 2.35. The predicted molar refractivity (Wildman–Crippen MR) is 57.3 cm³/mol. The SMILES string of the molecule is Cc1c(C2(C#N)CCC2)ccc(Cl)c1F. The Balaban J connectivity index is 2.55. The lowest BCUT2D eigenvalue weighted by Crippen LogP contribution is -2.33. The highest BCUT2D eigenvalue weighted by molar-refractivity contribution is 6.30. The highest BCUT2D eigenvalue weighted by Gasteiger charge is 2.40. The molecule has 0 radical (unpaired) electrons. The van der Waals surface area contributed by atoms with Crippen molar-refractivity contribution in [2.24, 2.45) is 0 Å². The minimum atomic E-state index is -0.463. The first-order valence-electron chi connectivity index (χ1n) is 4.97. The molecule has 0 unspecified atom stereocenters. The largest absolute Gasteiger partial charge is 0.205 e. The normalized spacial score (nSPS) is 18.0. The number of hydrogen-bond donors (Lipinski definition) is 0. The molecule has 0 heterocycles. The summed E-state index contributed by atoms with van der Waals surface area (Å²) in [5.74, 6) is -0.393. The molecule has 0 N–H and O–H groups in total. The van der Waals surface area contributed by atoms with Gasteiger partial charge in [0.15, 0.2) is 0 Å². The quantitative estimate of drug-likeness (QED) is 0.712. The van der Waals surface area contributed by atoms with Crippen LogP contribution in [-0.2, 0) is 5.41 Å². The molecular weight excluding hydrogens is 213 g/mol. The summed E-state index contributed by atoms with van der Waals surface area (Å²) < 4.78 is 13.6. The van der Waals surface area contributed by atoms with Crippen molar-refractivity contribution >= 4 is 11.6 Å². The summed E-state index contributed by atoms with van der Waals surface area (Å²) in [7, 11) is 0. The number of nitrogens with zero attached hydrogens (tertiary/aromatic N) is 1. The van der Waals surface area contributed by atoms with E-state index < -0.39 is 11.2 Å². The number of benzene rings is 1. The Morgan fingerprint density at radius 2 is 2.13 bits per heavy atom. The number of halogens is 2. The van der Waals surface area contributed by atoms with Gasteiger partial charge in [-0.15, -0.1) is 0 Å². The maximum absolute atomic E-state index is 13.6. The van der Waals surface area contributed by atoms with Crippen LogP contribution < -0.4 is 0 Å². The van der Waals surface area contributed by atoms with E-state index in [1.165, 1.54) is 6.07 Å². The van der Waals surface area contributed by atoms with Crippen molar-refractivity contribution in [3.8, 4) is 6.07 Å². The lowest BCUT2D eigenvalue weighted by atomic mass is 9.64. The molecule has 0 spiro atoms. The van der Waals surface area contributed by atoms with Gasteiger partial charge in [-0.25, -0.2) is 4.39 Å². The molecule has 0 aromatic heterocycles. The summed E-state index contributed by atoms with van der Waals surface area (Å²) in [4.78, 5) is 0. The van der Waals surface area contributed by atoms with Crippen molar-refractivity contribution in [3.63, 3.8) is 0 Å². The van der Waals surface area contributed by atoms with E-state index in [0.717, 1.165) is 24.8 Å². The summed E-state index contributed by atoms with van der Waals surface area (Å²) in [6, 6.07) is 5.63. The fourth-order valence-electron chi connectivity index (χ4n) is 2.14. The van der Waals surface area contributed by atoms with Crippen molar-refractivity contribution in [2.45, 2.75) is 31.6 Å². The van der Waals surface area contributed by atoms with Crippen molar-refractivity contribution in [1.82, 2.24) is 0 Å². The van der Waals surface area contributed by atoms with Gasteiger partial charge >= 0.3 is 0 Å². The topological polar surface area (TPSA) is 23.8 Å². The van der Waals surface area contributed by atoms with Gasteiger partial charge < -0.3 is 0 Å². The average Bonchev–Trinajstić information content (AvgIpc) is 2.17. The molecule has 1 aromatic rings. The first-order valence-corrected chi connectivity index (χ1v) is 5.35. The molecule has 0 bridgehead atoms. The maximum Gasteiger partial charge on any atom is 0.145 e. The van der Waals surface area contributed by atoms with Crippen LogP contribution in [-0.4, -0.2) is 0 Å². The molecule has 1 nitrogen and oxygen atoms in total. The van der Waals surface area contributed by atoms with Crippen LogP contribution in [0.15, 0.2) is 12.1 Å². The number of nitriles is 1. The van der Waals surface area contributed by atoms with Gasteiger partial charge in [-0.1, -0.05) is 17.7 Å². The van der Waals surface area contributed by atoms with Gasteiger partial charge in [0.25, 0.3) is 0 Å². The molecule has 3 heteroatoms. The molecule has 1 saturated carbocycles. The minimum absolute atomic E-state index is 0.128. The van der Waals surface area contributed by atoms with Crippen molar-refractivity contribution in [2.75, 3.05) is 0 Å². The van der Waals surface area contributed by atoms with Gasteiger partial charge in [-0.3, -0.25) is 0 Å². The molecule has 0 amide bonds. The van der Waals surface area contributed by atoms with Crippen molar-refractivity contribution in [3.05, 3.63) is 34.1 Å². The second kappa shape index (κ2) is 3.50. The van der Waals surface area contributed by atoms with E-state index in [0.29, 0.717) is 5.56 Å². The maximum atomic E-state index is 13.6. The predicted octanol–water partition coefficient (Wildman–Crippen LogP) is 3.73. The molecule has 0 saturated heterocycles. The highest BCUT2D eigenvalue weighted by atomic mass is 35.5. The summed E-state index contributed by atoms with van der Waals surface area (Å²) in [6.07, 6.45) is 2.69. The standard InChI is InChI=1S/C12H11ClFN/c1-8-9(3-4-10(13)11(8)14)12(7-15)5-2-6-12/h3-4H,2,5-6H2,1H3. The number of hydrogen-bond acceptors (Lipinski definition) is 1. The molecule has 2 rings (SSSR count). The summed E-state index contributed by atoms with van der Waals surface area (Å²) in [5, 5.41) is 9.30. The molecule has 0 aliphatic heterocycles. The lowest BCUT2D eigenvalue weighted by Gasteiger charge is -2.36. The van der Waals surface area contributed by atoms with Gasteiger partial charge in [-0.05, 0) is 43.4 Å². The Bertz CT molecular complexity index is 444. The molecule has 0 atom stereocenters. The third kappa shape index (κ3) is 1.42. The zero-order valence-electron chi connectivity index (χ0n) is 8.48. The van der Waals surface area contributed by atoms with Crippen LogP contribution >= 0.6 is 11.6 Å². The van der Waals surface area contributed by atoms with Gasteiger partial charge in [0, 0.05) is 0 Å². The minimum Gasteiger partial charge on any atom is -0.205 e. The Hall–Kier alpha value is -1.07. The summed E-state index contributed by atoms with van der Waals surface area (Å²) in [6.45, 7) is 1.69. The second-order valence-electron chi connectivity index (χ2n) is 4.08. The zero-order valence-corrected chi connectivity index (χ0v) is 9.24. The van der Waals surface area contributed by atoms with E-state index in [2.05, 4.69) is 6.07 Å². The molecule has 78 valence electrons. The van der Waals surface area contributed by atoms with Gasteiger partial charge in [0.2, 0.25) is 0 Å². The van der Waals surface area contributed by atoms with Crippen LogP contribution in [0.1, 0.15) is 30.4 Å². The smallest absolute Gasteiger partial charge is 0.145 e. The van der Waals surface area contributed by atoms with Crippen LogP contribution in [0.2, 0.25) is 5.02 Å². The molecule has 1 aliphatic rings. The molecule has 1 fully saturated rings. The Morgan fingerprint density at radius 1 is 1.47 bits per heavy atom. The Kier molecular flexibility index (Phi) is 2.44. The van der Waals surface area contributed by atoms with Gasteiger partial charge in [0.1, 0.15) is 5.82 Å². The van der Waals surface area contributed by atoms with E-state index in [1.54, 1.807) is 13.0 Å². The molecule has 1 aromatic carbocycles. The van der Waals surface area contributed by atoms with Crippen molar-refractivity contribution < 1.29 is 4.39 Å². The van der Waals surface area contributed by atoms with E-state index >= 15 is 0 Å². The van der Waals surface area contributed by atoms with E-state index in [1.807, 2.05) is 0 Å². The first-order chi connectivity index (χ1) is 7.10. The van der Waals surface area contributed by atoms with Crippen LogP contribution in [0, 0.1) is 24.1 Å².